The summed E-state index contributed by atoms with van der Waals surface area (Å²) in [4.78, 5) is 24.1. The first kappa shape index (κ1) is 14.8. The fourth-order valence-electron chi connectivity index (χ4n) is 2.11. The minimum atomic E-state index is -1.41. The van der Waals surface area contributed by atoms with E-state index < -0.39 is 12.1 Å². The summed E-state index contributed by atoms with van der Waals surface area (Å²) >= 11 is 0. The minimum absolute atomic E-state index is 0.0266. The molecule has 1 aliphatic heterocycles. The summed E-state index contributed by atoms with van der Waals surface area (Å²) in [6.07, 6.45) is 0.733. The predicted molar refractivity (Wildman–Crippen MR) is 66.2 cm³/mol. The Balaban J connectivity index is 2.33. The van der Waals surface area contributed by atoms with E-state index in [4.69, 9.17) is 10.2 Å². The van der Waals surface area contributed by atoms with Gasteiger partial charge in [-0.1, -0.05) is 6.92 Å². The van der Waals surface area contributed by atoms with Crippen LogP contribution in [-0.2, 0) is 4.79 Å². The Hall–Kier alpha value is -1.30. The third-order valence-corrected chi connectivity index (χ3v) is 3.36. The van der Waals surface area contributed by atoms with Gasteiger partial charge in [-0.3, -0.25) is 0 Å². The number of urea groups is 1. The number of hydrogen-bond acceptors (Lipinski definition) is 3. The second kappa shape index (κ2) is 6.58. The molecule has 2 unspecified atom stereocenters. The van der Waals surface area contributed by atoms with Crippen molar-refractivity contribution >= 4 is 12.0 Å². The quantitative estimate of drug-likeness (QED) is 0.690. The van der Waals surface area contributed by atoms with Crippen molar-refractivity contribution < 1.29 is 19.8 Å². The van der Waals surface area contributed by atoms with Crippen molar-refractivity contribution in [3.63, 3.8) is 0 Å². The lowest BCUT2D eigenvalue weighted by Gasteiger charge is -2.36. The number of aliphatic hydroxyl groups is 1. The van der Waals surface area contributed by atoms with Crippen LogP contribution in [0.25, 0.3) is 0 Å². The van der Waals surface area contributed by atoms with Crippen molar-refractivity contribution in [1.82, 2.24) is 10.2 Å². The number of carbonyl (C=O) groups is 2. The Morgan fingerprint density at radius 2 is 2.06 bits per heavy atom. The van der Waals surface area contributed by atoms with Gasteiger partial charge in [0.05, 0.1) is 0 Å². The number of carboxylic acids is 1. The molecule has 0 aliphatic carbocycles. The third-order valence-electron chi connectivity index (χ3n) is 3.36. The number of amides is 2. The molecule has 0 aromatic rings. The van der Waals surface area contributed by atoms with E-state index in [2.05, 4.69) is 12.2 Å². The molecule has 0 saturated carbocycles. The number of likely N-dealkylation sites (tertiary alicyclic amines) is 1. The number of piperidine rings is 1. The highest BCUT2D eigenvalue weighted by molar-refractivity contribution is 5.75. The van der Waals surface area contributed by atoms with Crippen LogP contribution in [0.5, 0.6) is 0 Å². The molecular formula is C12H22N2O4. The van der Waals surface area contributed by atoms with Crippen molar-refractivity contribution in [3.05, 3.63) is 0 Å². The Morgan fingerprint density at radius 3 is 2.67 bits per heavy atom. The number of aliphatic hydroxyl groups excluding tert-OH is 1. The summed E-state index contributed by atoms with van der Waals surface area (Å²) in [5, 5.41) is 20.2. The molecule has 1 heterocycles. The Kier molecular flexibility index (Phi) is 5.40. The molecule has 3 N–H and O–H groups in total. The number of carbonyl (C=O) groups excluding carboxylic acids is 1. The number of nitrogens with zero attached hydrogens (tertiary/aromatic N) is 1. The molecule has 0 aromatic carbocycles. The third kappa shape index (κ3) is 4.18. The van der Waals surface area contributed by atoms with Gasteiger partial charge in [0.15, 0.2) is 6.10 Å². The molecule has 6 heteroatoms. The van der Waals surface area contributed by atoms with E-state index in [-0.39, 0.29) is 25.0 Å². The van der Waals surface area contributed by atoms with Crippen LogP contribution in [0.4, 0.5) is 4.79 Å². The van der Waals surface area contributed by atoms with Gasteiger partial charge >= 0.3 is 12.0 Å². The minimum Gasteiger partial charge on any atom is -0.479 e. The summed E-state index contributed by atoms with van der Waals surface area (Å²) in [5.41, 5.74) is 0. The summed E-state index contributed by atoms with van der Waals surface area (Å²) in [7, 11) is 0. The zero-order valence-electron chi connectivity index (χ0n) is 10.9. The van der Waals surface area contributed by atoms with Crippen molar-refractivity contribution in [1.29, 1.82) is 0 Å². The van der Waals surface area contributed by atoms with Gasteiger partial charge in [0.25, 0.3) is 0 Å². The molecule has 2 amide bonds. The zero-order valence-corrected chi connectivity index (χ0v) is 10.9. The zero-order chi connectivity index (χ0) is 13.7. The summed E-state index contributed by atoms with van der Waals surface area (Å²) < 4.78 is 0. The molecular weight excluding hydrogens is 236 g/mol. The highest BCUT2D eigenvalue weighted by atomic mass is 16.4. The predicted octanol–water partition coefficient (Wildman–Crippen LogP) is 0.652. The van der Waals surface area contributed by atoms with Crippen LogP contribution < -0.4 is 5.32 Å². The van der Waals surface area contributed by atoms with E-state index in [1.807, 2.05) is 6.92 Å². The van der Waals surface area contributed by atoms with E-state index in [1.165, 1.54) is 0 Å². The van der Waals surface area contributed by atoms with Crippen LogP contribution in [0.1, 0.15) is 33.1 Å². The molecule has 1 fully saturated rings. The second-order valence-corrected chi connectivity index (χ2v) is 5.06. The molecule has 1 rings (SSSR count). The van der Waals surface area contributed by atoms with Gasteiger partial charge in [0.2, 0.25) is 0 Å². The van der Waals surface area contributed by atoms with Gasteiger partial charge in [-0.05, 0) is 25.7 Å². The molecule has 104 valence electrons. The second-order valence-electron chi connectivity index (χ2n) is 5.06. The molecule has 3 atom stereocenters. The number of carboxylic acid groups (broad SMARTS) is 1. The van der Waals surface area contributed by atoms with E-state index in [0.29, 0.717) is 5.92 Å². The van der Waals surface area contributed by atoms with Gasteiger partial charge in [-0.15, -0.1) is 0 Å². The molecule has 0 spiro atoms. The molecule has 1 saturated heterocycles. The smallest absolute Gasteiger partial charge is 0.332 e. The van der Waals surface area contributed by atoms with Crippen LogP contribution >= 0.6 is 0 Å². The number of aliphatic carboxylic acids is 1. The lowest BCUT2D eigenvalue weighted by molar-refractivity contribution is -0.146. The van der Waals surface area contributed by atoms with Gasteiger partial charge in [0.1, 0.15) is 0 Å². The number of rotatable bonds is 4. The van der Waals surface area contributed by atoms with Crippen LogP contribution in [0.3, 0.4) is 0 Å². The van der Waals surface area contributed by atoms with E-state index in [0.717, 1.165) is 19.4 Å². The highest BCUT2D eigenvalue weighted by Crippen LogP contribution is 2.21. The van der Waals surface area contributed by atoms with Crippen LogP contribution in [0.2, 0.25) is 0 Å². The van der Waals surface area contributed by atoms with E-state index in [1.54, 1.807) is 4.90 Å². The summed E-state index contributed by atoms with van der Waals surface area (Å²) in [5.74, 6) is -0.763. The summed E-state index contributed by atoms with van der Waals surface area (Å²) in [6, 6.07) is 0.0391. The maximum Gasteiger partial charge on any atom is 0.332 e. The fraction of sp³-hybridized carbons (Fsp3) is 0.833. The van der Waals surface area contributed by atoms with Gasteiger partial charge < -0.3 is 20.4 Å². The van der Waals surface area contributed by atoms with E-state index in [9.17, 15) is 9.59 Å². The van der Waals surface area contributed by atoms with Gasteiger partial charge in [-0.2, -0.15) is 0 Å². The maximum atomic E-state index is 11.9. The van der Waals surface area contributed by atoms with Crippen molar-refractivity contribution in [2.75, 3.05) is 13.1 Å². The average Bonchev–Trinajstić information content (AvgIpc) is 2.31. The Morgan fingerprint density at radius 1 is 1.39 bits per heavy atom. The molecule has 0 aromatic heterocycles. The average molecular weight is 258 g/mol. The Bertz CT molecular complexity index is 308. The van der Waals surface area contributed by atoms with Crippen molar-refractivity contribution in [2.45, 2.75) is 45.3 Å². The monoisotopic (exact) mass is 258 g/mol. The van der Waals surface area contributed by atoms with Crippen molar-refractivity contribution in [2.24, 2.45) is 5.92 Å². The summed E-state index contributed by atoms with van der Waals surface area (Å²) in [6.45, 7) is 5.02. The highest BCUT2D eigenvalue weighted by Gasteiger charge is 2.26. The van der Waals surface area contributed by atoms with Crippen LogP contribution in [0.15, 0.2) is 0 Å². The molecule has 1 aliphatic rings. The number of hydrogen-bond donors (Lipinski definition) is 3. The Labute approximate surface area is 107 Å². The number of nitrogens with one attached hydrogen (secondary N) is 1. The topological polar surface area (TPSA) is 89.9 Å². The molecule has 6 nitrogen and oxygen atoms in total. The SMILES string of the molecule is CC1CCC(C)N(C(=O)NCC[C@H](O)C(=O)O)C1. The van der Waals surface area contributed by atoms with Crippen molar-refractivity contribution in [3.8, 4) is 0 Å². The van der Waals surface area contributed by atoms with Gasteiger partial charge in [-0.25, -0.2) is 9.59 Å². The largest absolute Gasteiger partial charge is 0.479 e. The van der Waals surface area contributed by atoms with Gasteiger partial charge in [0, 0.05) is 25.6 Å². The standard InChI is InChI=1S/C12H22N2O4/c1-8-3-4-9(2)14(7-8)12(18)13-6-5-10(15)11(16)17/h8-10,15H,3-7H2,1-2H3,(H,13,18)(H,16,17)/t8?,9?,10-/m0/s1. The lowest BCUT2D eigenvalue weighted by atomic mass is 9.95. The maximum absolute atomic E-state index is 11.9. The normalized spacial score (nSPS) is 25.6. The van der Waals surface area contributed by atoms with Crippen LogP contribution in [-0.4, -0.2) is 52.3 Å². The van der Waals surface area contributed by atoms with Crippen LogP contribution in [0, 0.1) is 5.92 Å². The lowest BCUT2D eigenvalue weighted by Crippen LogP contribution is -2.50. The first-order chi connectivity index (χ1) is 8.41. The first-order valence-electron chi connectivity index (χ1n) is 6.37. The first-order valence-corrected chi connectivity index (χ1v) is 6.37. The molecule has 18 heavy (non-hydrogen) atoms. The fourth-order valence-corrected chi connectivity index (χ4v) is 2.11. The molecule has 0 radical (unpaired) electrons. The van der Waals surface area contributed by atoms with E-state index >= 15 is 0 Å². The molecule has 0 bridgehead atoms.